The molecular formula is C19H25N5O2. The molecule has 0 saturated carbocycles. The standard InChI is InChI=1S/C19H25N5O2/c1-22-12-14(9-17(22)18(26)24-8-4-5-16(25)13-24)15-10-20-19(21-11-15)23-6-2-3-7-23/h9-12,16,25H,2-8,13H2,1H3. The van der Waals surface area contributed by atoms with Crippen LogP contribution in [0.5, 0.6) is 0 Å². The van der Waals surface area contributed by atoms with Crippen LogP contribution >= 0.6 is 0 Å². The van der Waals surface area contributed by atoms with Crippen molar-refractivity contribution in [1.29, 1.82) is 0 Å². The minimum atomic E-state index is -0.418. The molecule has 2 saturated heterocycles. The molecule has 1 unspecified atom stereocenters. The molecule has 0 radical (unpaired) electrons. The second-order valence-corrected chi connectivity index (χ2v) is 7.24. The Hall–Kier alpha value is -2.41. The normalized spacial score (nSPS) is 20.6. The second kappa shape index (κ2) is 7.07. The largest absolute Gasteiger partial charge is 0.391 e. The number of aromatic nitrogens is 3. The molecule has 2 aromatic rings. The first-order valence-corrected chi connectivity index (χ1v) is 9.33. The molecule has 2 aliphatic rings. The van der Waals surface area contributed by atoms with E-state index in [1.807, 2.05) is 36.3 Å². The fraction of sp³-hybridized carbons (Fsp3) is 0.526. The summed E-state index contributed by atoms with van der Waals surface area (Å²) in [5.74, 6) is 0.743. The predicted octanol–water partition coefficient (Wildman–Crippen LogP) is 1.68. The molecule has 0 aromatic carbocycles. The van der Waals surface area contributed by atoms with E-state index in [0.717, 1.165) is 43.0 Å². The third kappa shape index (κ3) is 3.31. The number of hydrogen-bond acceptors (Lipinski definition) is 5. The van der Waals surface area contributed by atoms with Gasteiger partial charge in [-0.2, -0.15) is 0 Å². The Labute approximate surface area is 153 Å². The van der Waals surface area contributed by atoms with E-state index >= 15 is 0 Å². The number of β-amino-alcohol motifs (C(OH)–C–C–N with tert-alkyl or cyclic N) is 1. The maximum Gasteiger partial charge on any atom is 0.270 e. The molecule has 7 nitrogen and oxygen atoms in total. The molecule has 0 aliphatic carbocycles. The van der Waals surface area contributed by atoms with Gasteiger partial charge in [0.1, 0.15) is 5.69 Å². The Balaban J connectivity index is 1.53. The van der Waals surface area contributed by atoms with Crippen molar-refractivity contribution in [3.05, 3.63) is 30.4 Å². The van der Waals surface area contributed by atoms with Crippen molar-refractivity contribution in [3.63, 3.8) is 0 Å². The van der Waals surface area contributed by atoms with E-state index < -0.39 is 6.10 Å². The van der Waals surface area contributed by atoms with Gasteiger partial charge in [-0.1, -0.05) is 0 Å². The lowest BCUT2D eigenvalue weighted by Crippen LogP contribution is -2.42. The van der Waals surface area contributed by atoms with Crippen molar-refractivity contribution in [2.24, 2.45) is 7.05 Å². The molecule has 2 aliphatic heterocycles. The summed E-state index contributed by atoms with van der Waals surface area (Å²) >= 11 is 0. The van der Waals surface area contributed by atoms with Crippen LogP contribution in [0, 0.1) is 0 Å². The summed E-state index contributed by atoms with van der Waals surface area (Å²) in [5, 5.41) is 9.82. The van der Waals surface area contributed by atoms with E-state index in [2.05, 4.69) is 14.9 Å². The predicted molar refractivity (Wildman–Crippen MR) is 99.0 cm³/mol. The number of aliphatic hydroxyl groups is 1. The van der Waals surface area contributed by atoms with Crippen LogP contribution in [0.1, 0.15) is 36.2 Å². The molecule has 2 aromatic heterocycles. The molecule has 0 bridgehead atoms. The van der Waals surface area contributed by atoms with Gasteiger partial charge in [0.15, 0.2) is 0 Å². The number of carbonyl (C=O) groups excluding carboxylic acids is 1. The molecule has 1 N–H and O–H groups in total. The number of piperidine rings is 1. The van der Waals surface area contributed by atoms with Crippen LogP contribution in [0.3, 0.4) is 0 Å². The molecule has 1 atom stereocenters. The Kier molecular flexibility index (Phi) is 4.63. The summed E-state index contributed by atoms with van der Waals surface area (Å²) in [6, 6.07) is 1.89. The second-order valence-electron chi connectivity index (χ2n) is 7.24. The topological polar surface area (TPSA) is 74.5 Å². The summed E-state index contributed by atoms with van der Waals surface area (Å²) in [5.41, 5.74) is 2.46. The Morgan fingerprint density at radius 3 is 2.54 bits per heavy atom. The van der Waals surface area contributed by atoms with Crippen LogP contribution in [-0.2, 0) is 7.05 Å². The average molecular weight is 355 g/mol. The van der Waals surface area contributed by atoms with Crippen LogP contribution in [0.4, 0.5) is 5.95 Å². The zero-order valence-corrected chi connectivity index (χ0v) is 15.1. The SMILES string of the molecule is Cn1cc(-c2cnc(N3CCCC3)nc2)cc1C(=O)N1CCCC(O)C1. The van der Waals surface area contributed by atoms with Crippen molar-refractivity contribution in [1.82, 2.24) is 19.4 Å². The summed E-state index contributed by atoms with van der Waals surface area (Å²) < 4.78 is 1.84. The Morgan fingerprint density at radius 2 is 1.85 bits per heavy atom. The highest BCUT2D eigenvalue weighted by Crippen LogP contribution is 2.24. The highest BCUT2D eigenvalue weighted by Gasteiger charge is 2.25. The third-order valence-electron chi connectivity index (χ3n) is 5.27. The van der Waals surface area contributed by atoms with Gasteiger partial charge in [-0.15, -0.1) is 0 Å². The quantitative estimate of drug-likeness (QED) is 0.907. The van der Waals surface area contributed by atoms with Gasteiger partial charge < -0.3 is 19.5 Å². The van der Waals surface area contributed by atoms with Gasteiger partial charge in [0.25, 0.3) is 5.91 Å². The summed E-state index contributed by atoms with van der Waals surface area (Å²) in [4.78, 5) is 25.7. The van der Waals surface area contributed by atoms with E-state index in [-0.39, 0.29) is 5.91 Å². The van der Waals surface area contributed by atoms with Crippen LogP contribution < -0.4 is 4.90 Å². The Bertz CT molecular complexity index is 780. The van der Waals surface area contributed by atoms with Crippen LogP contribution in [0.25, 0.3) is 11.1 Å². The van der Waals surface area contributed by atoms with Gasteiger partial charge in [-0.05, 0) is 31.7 Å². The Morgan fingerprint density at radius 1 is 1.12 bits per heavy atom. The summed E-state index contributed by atoms with van der Waals surface area (Å²) in [7, 11) is 1.87. The third-order valence-corrected chi connectivity index (χ3v) is 5.27. The molecule has 4 rings (SSSR count). The van der Waals surface area contributed by atoms with E-state index in [9.17, 15) is 9.90 Å². The number of carbonyl (C=O) groups is 1. The van der Waals surface area contributed by atoms with Crippen LogP contribution in [0.15, 0.2) is 24.7 Å². The minimum absolute atomic E-state index is 0.0351. The van der Waals surface area contributed by atoms with E-state index in [1.54, 1.807) is 4.90 Å². The van der Waals surface area contributed by atoms with Gasteiger partial charge in [0.2, 0.25) is 5.95 Å². The van der Waals surface area contributed by atoms with E-state index in [0.29, 0.717) is 18.8 Å². The molecule has 26 heavy (non-hydrogen) atoms. The van der Waals surface area contributed by atoms with Crippen molar-refractivity contribution < 1.29 is 9.90 Å². The molecule has 2 fully saturated rings. The lowest BCUT2D eigenvalue weighted by atomic mass is 10.1. The van der Waals surface area contributed by atoms with Crippen LogP contribution in [-0.4, -0.2) is 62.7 Å². The molecule has 7 heteroatoms. The average Bonchev–Trinajstić information content (AvgIpc) is 3.31. The first-order chi connectivity index (χ1) is 12.6. The van der Waals surface area contributed by atoms with Crippen molar-refractivity contribution >= 4 is 11.9 Å². The number of aliphatic hydroxyl groups excluding tert-OH is 1. The maximum atomic E-state index is 12.8. The van der Waals surface area contributed by atoms with Gasteiger partial charge in [-0.3, -0.25) is 4.79 Å². The lowest BCUT2D eigenvalue weighted by molar-refractivity contribution is 0.0466. The van der Waals surface area contributed by atoms with Crippen molar-refractivity contribution in [2.75, 3.05) is 31.1 Å². The fourth-order valence-electron chi connectivity index (χ4n) is 3.79. The molecule has 4 heterocycles. The first kappa shape index (κ1) is 17.0. The first-order valence-electron chi connectivity index (χ1n) is 9.33. The number of aryl methyl sites for hydroxylation is 1. The van der Waals surface area contributed by atoms with Crippen molar-refractivity contribution in [3.8, 4) is 11.1 Å². The number of likely N-dealkylation sites (tertiary alicyclic amines) is 1. The highest BCUT2D eigenvalue weighted by molar-refractivity contribution is 5.94. The zero-order valence-electron chi connectivity index (χ0n) is 15.1. The van der Waals surface area contributed by atoms with Crippen molar-refractivity contribution in [2.45, 2.75) is 31.8 Å². The lowest BCUT2D eigenvalue weighted by Gasteiger charge is -2.30. The van der Waals surface area contributed by atoms with Gasteiger partial charge in [0.05, 0.1) is 6.10 Å². The number of hydrogen-bond donors (Lipinski definition) is 1. The molecule has 0 spiro atoms. The number of anilines is 1. The number of rotatable bonds is 3. The van der Waals surface area contributed by atoms with E-state index in [1.165, 1.54) is 12.8 Å². The number of amides is 1. The highest BCUT2D eigenvalue weighted by atomic mass is 16.3. The van der Waals surface area contributed by atoms with Gasteiger partial charge in [0, 0.05) is 62.9 Å². The minimum Gasteiger partial charge on any atom is -0.391 e. The fourth-order valence-corrected chi connectivity index (χ4v) is 3.79. The van der Waals surface area contributed by atoms with E-state index in [4.69, 9.17) is 0 Å². The van der Waals surface area contributed by atoms with Gasteiger partial charge >= 0.3 is 0 Å². The monoisotopic (exact) mass is 355 g/mol. The van der Waals surface area contributed by atoms with Gasteiger partial charge in [-0.25, -0.2) is 9.97 Å². The molecular weight excluding hydrogens is 330 g/mol. The number of nitrogens with zero attached hydrogens (tertiary/aromatic N) is 5. The smallest absolute Gasteiger partial charge is 0.270 e. The zero-order chi connectivity index (χ0) is 18.1. The molecule has 1 amide bonds. The van der Waals surface area contributed by atoms with Crippen LogP contribution in [0.2, 0.25) is 0 Å². The maximum absolute atomic E-state index is 12.8. The summed E-state index contributed by atoms with van der Waals surface area (Å²) in [6.45, 7) is 3.15. The molecule has 138 valence electrons. The summed E-state index contributed by atoms with van der Waals surface area (Å²) in [6.07, 6.45) is 9.17.